The molecular formula is C29H39N3O2. The number of carbonyl (C=O) groups is 1. The Balaban J connectivity index is 1.28. The molecule has 0 radical (unpaired) electrons. The number of hydrogen-bond acceptors (Lipinski definition) is 4. The third-order valence-electron chi connectivity index (χ3n) is 8.28. The molecule has 0 bridgehead atoms. The van der Waals surface area contributed by atoms with Crippen LogP contribution in [0, 0.1) is 0 Å². The van der Waals surface area contributed by atoms with Crippen molar-refractivity contribution in [1.82, 2.24) is 9.80 Å². The highest BCUT2D eigenvalue weighted by atomic mass is 16.6. The van der Waals surface area contributed by atoms with Crippen molar-refractivity contribution in [1.29, 1.82) is 0 Å². The van der Waals surface area contributed by atoms with Crippen LogP contribution < -0.4 is 4.90 Å². The summed E-state index contributed by atoms with van der Waals surface area (Å²) < 4.78 is 5.72. The van der Waals surface area contributed by atoms with E-state index < -0.39 is 0 Å². The van der Waals surface area contributed by atoms with Crippen LogP contribution in [-0.4, -0.2) is 54.7 Å². The van der Waals surface area contributed by atoms with Crippen LogP contribution in [0.25, 0.3) is 0 Å². The molecule has 2 atom stereocenters. The molecule has 34 heavy (non-hydrogen) atoms. The molecule has 0 aromatic heterocycles. The fourth-order valence-electron chi connectivity index (χ4n) is 6.09. The van der Waals surface area contributed by atoms with Gasteiger partial charge in [0.25, 0.3) is 0 Å². The first kappa shape index (κ1) is 23.2. The Hall–Kier alpha value is -2.53. The van der Waals surface area contributed by atoms with Crippen molar-refractivity contribution in [3.05, 3.63) is 65.2 Å². The maximum absolute atomic E-state index is 13.1. The molecule has 2 heterocycles. The molecule has 2 fully saturated rings. The van der Waals surface area contributed by atoms with Crippen molar-refractivity contribution >= 4 is 11.8 Å². The summed E-state index contributed by atoms with van der Waals surface area (Å²) in [7, 11) is 0. The van der Waals surface area contributed by atoms with Crippen molar-refractivity contribution in [2.24, 2.45) is 0 Å². The van der Waals surface area contributed by atoms with Gasteiger partial charge < -0.3 is 14.5 Å². The van der Waals surface area contributed by atoms with Gasteiger partial charge in [0.2, 0.25) is 0 Å². The number of rotatable bonds is 4. The number of amides is 1. The minimum atomic E-state index is -0.216. The predicted octanol–water partition coefficient (Wildman–Crippen LogP) is 5.96. The maximum atomic E-state index is 13.1. The number of hydrogen-bond donors (Lipinski definition) is 0. The summed E-state index contributed by atoms with van der Waals surface area (Å²) in [4.78, 5) is 20.3. The first-order valence-corrected chi connectivity index (χ1v) is 13.2. The van der Waals surface area contributed by atoms with Gasteiger partial charge >= 0.3 is 6.09 Å². The maximum Gasteiger partial charge on any atom is 0.410 e. The fraction of sp³-hybridized carbons (Fsp3) is 0.552. The predicted molar refractivity (Wildman–Crippen MR) is 137 cm³/mol. The summed E-state index contributed by atoms with van der Waals surface area (Å²) in [5, 5.41) is 0. The van der Waals surface area contributed by atoms with E-state index in [0.717, 1.165) is 50.7 Å². The van der Waals surface area contributed by atoms with Gasteiger partial charge in [-0.1, -0.05) is 56.2 Å². The number of piperazine rings is 1. The Morgan fingerprint density at radius 2 is 1.62 bits per heavy atom. The monoisotopic (exact) mass is 461 g/mol. The lowest BCUT2D eigenvalue weighted by molar-refractivity contribution is 0.0834. The van der Waals surface area contributed by atoms with E-state index in [1.807, 2.05) is 35.2 Å². The molecule has 182 valence electrons. The highest BCUT2D eigenvalue weighted by Gasteiger charge is 2.31. The van der Waals surface area contributed by atoms with Crippen molar-refractivity contribution < 1.29 is 9.53 Å². The molecule has 1 amide bonds. The van der Waals surface area contributed by atoms with Crippen LogP contribution in [0.15, 0.2) is 48.5 Å². The van der Waals surface area contributed by atoms with Gasteiger partial charge in [0.05, 0.1) is 6.04 Å². The van der Waals surface area contributed by atoms with Crippen molar-refractivity contribution in [2.45, 2.75) is 70.6 Å². The van der Waals surface area contributed by atoms with Crippen LogP contribution >= 0.6 is 0 Å². The second kappa shape index (κ2) is 10.4. The third kappa shape index (κ3) is 4.95. The van der Waals surface area contributed by atoms with Gasteiger partial charge in [0.1, 0.15) is 6.61 Å². The Morgan fingerprint density at radius 3 is 2.35 bits per heavy atom. The highest BCUT2D eigenvalue weighted by Crippen LogP contribution is 2.37. The number of benzene rings is 2. The molecule has 1 saturated carbocycles. The molecule has 2 aromatic carbocycles. The van der Waals surface area contributed by atoms with Gasteiger partial charge in [-0.15, -0.1) is 0 Å². The van der Waals surface area contributed by atoms with E-state index in [9.17, 15) is 4.79 Å². The molecule has 0 N–H and O–H groups in total. The first-order valence-electron chi connectivity index (χ1n) is 13.2. The zero-order valence-electron chi connectivity index (χ0n) is 20.8. The number of ether oxygens (including phenoxy) is 1. The molecule has 3 aliphatic rings. The summed E-state index contributed by atoms with van der Waals surface area (Å²) in [6, 6.07) is 17.7. The van der Waals surface area contributed by atoms with Crippen molar-refractivity contribution in [3.63, 3.8) is 0 Å². The Morgan fingerprint density at radius 1 is 0.882 bits per heavy atom. The third-order valence-corrected chi connectivity index (χ3v) is 8.28. The average Bonchev–Trinajstić information content (AvgIpc) is 3.39. The van der Waals surface area contributed by atoms with Gasteiger partial charge in [0.15, 0.2) is 0 Å². The molecule has 0 unspecified atom stereocenters. The highest BCUT2D eigenvalue weighted by molar-refractivity contribution is 5.69. The van der Waals surface area contributed by atoms with E-state index in [1.165, 1.54) is 42.5 Å². The van der Waals surface area contributed by atoms with Crippen LogP contribution in [0.1, 0.15) is 74.6 Å². The first-order chi connectivity index (χ1) is 16.6. The minimum absolute atomic E-state index is 0.00273. The van der Waals surface area contributed by atoms with E-state index in [2.05, 4.69) is 41.8 Å². The number of anilines is 1. The quantitative estimate of drug-likeness (QED) is 0.563. The lowest BCUT2D eigenvalue weighted by atomic mass is 9.91. The number of nitrogens with zero attached hydrogens (tertiary/aromatic N) is 3. The Bertz CT molecular complexity index is 965. The number of carbonyl (C=O) groups excluding carboxylic acids is 1. The lowest BCUT2D eigenvalue weighted by Gasteiger charge is -2.39. The normalized spacial score (nSPS) is 24.1. The SMILES string of the molecule is C[C@H]1CCN(C(=O)OCc2ccccc2)[C@@H](C)c2cc(N3CCN(C4CCCC4)CC3)ccc21. The topological polar surface area (TPSA) is 36.0 Å². The molecule has 0 spiro atoms. The lowest BCUT2D eigenvalue weighted by Crippen LogP contribution is -2.49. The number of fused-ring (bicyclic) bond motifs is 1. The zero-order chi connectivity index (χ0) is 23.5. The second-order valence-corrected chi connectivity index (χ2v) is 10.4. The van der Waals surface area contributed by atoms with Gasteiger partial charge in [-0.3, -0.25) is 4.90 Å². The summed E-state index contributed by atoms with van der Waals surface area (Å²) >= 11 is 0. The van der Waals surface area contributed by atoms with Crippen molar-refractivity contribution in [3.8, 4) is 0 Å². The molecule has 5 rings (SSSR count). The van der Waals surface area contributed by atoms with E-state index in [-0.39, 0.29) is 12.1 Å². The van der Waals surface area contributed by atoms with Crippen LogP contribution in [0.3, 0.4) is 0 Å². The van der Waals surface area contributed by atoms with Gasteiger partial charge in [-0.05, 0) is 60.9 Å². The van der Waals surface area contributed by atoms with Gasteiger partial charge in [-0.2, -0.15) is 0 Å². The molecule has 2 aliphatic heterocycles. The smallest absolute Gasteiger partial charge is 0.410 e. The van der Waals surface area contributed by atoms with Crippen LogP contribution in [0.2, 0.25) is 0 Å². The fourth-order valence-corrected chi connectivity index (χ4v) is 6.09. The van der Waals surface area contributed by atoms with E-state index >= 15 is 0 Å². The molecule has 2 aromatic rings. The Kier molecular flexibility index (Phi) is 7.10. The standard InChI is InChI=1S/C29H39N3O2/c1-22-14-15-32(29(33)34-21-24-8-4-3-5-9-24)23(2)28-20-26(12-13-27(22)28)31-18-16-30(17-19-31)25-10-6-7-11-25/h3-5,8-9,12-13,20,22-23,25H,6-7,10-11,14-19,21H2,1-2H3/t22-,23-/m0/s1. The molecule has 5 heteroatoms. The zero-order valence-corrected chi connectivity index (χ0v) is 20.8. The summed E-state index contributed by atoms with van der Waals surface area (Å²) in [6.45, 7) is 9.96. The average molecular weight is 462 g/mol. The van der Waals surface area contributed by atoms with Gasteiger partial charge in [0, 0.05) is 44.5 Å². The van der Waals surface area contributed by atoms with Crippen LogP contribution in [-0.2, 0) is 11.3 Å². The largest absolute Gasteiger partial charge is 0.445 e. The van der Waals surface area contributed by atoms with E-state index in [1.54, 1.807) is 0 Å². The second-order valence-electron chi connectivity index (χ2n) is 10.4. The van der Waals surface area contributed by atoms with Crippen molar-refractivity contribution in [2.75, 3.05) is 37.6 Å². The van der Waals surface area contributed by atoms with E-state index in [0.29, 0.717) is 12.5 Å². The molecule has 1 saturated heterocycles. The summed E-state index contributed by atoms with van der Waals surface area (Å²) in [5.41, 5.74) is 4.96. The molecular weight excluding hydrogens is 422 g/mol. The Labute approximate surface area is 204 Å². The summed E-state index contributed by atoms with van der Waals surface area (Å²) in [6.07, 6.45) is 6.30. The van der Waals surface area contributed by atoms with Crippen LogP contribution in [0.5, 0.6) is 0 Å². The molecule has 5 nitrogen and oxygen atoms in total. The minimum Gasteiger partial charge on any atom is -0.445 e. The van der Waals surface area contributed by atoms with Crippen LogP contribution in [0.4, 0.5) is 10.5 Å². The molecule has 1 aliphatic carbocycles. The van der Waals surface area contributed by atoms with Gasteiger partial charge in [-0.25, -0.2) is 4.79 Å². The van der Waals surface area contributed by atoms with E-state index in [4.69, 9.17) is 4.74 Å². The summed E-state index contributed by atoms with van der Waals surface area (Å²) in [5.74, 6) is 0.428.